The van der Waals surface area contributed by atoms with Gasteiger partial charge in [-0.05, 0) is 52.6 Å². The first-order valence-electron chi connectivity index (χ1n) is 19.1. The fourth-order valence-corrected chi connectivity index (χ4v) is 4.78. The second-order valence-corrected chi connectivity index (χ2v) is 12.6. The summed E-state index contributed by atoms with van der Waals surface area (Å²) in [5.74, 6) is -2.14. The zero-order chi connectivity index (χ0) is 39.2. The van der Waals surface area contributed by atoms with E-state index in [1.54, 1.807) is 0 Å². The van der Waals surface area contributed by atoms with Crippen LogP contribution in [0.15, 0.2) is 0 Å². The second kappa shape index (κ2) is 37.5. The number of ether oxygens (including phenoxy) is 6. The molecule has 17 heteroatoms. The number of carbonyl (C=O) groups is 5. The first kappa shape index (κ1) is 50.2. The van der Waals surface area contributed by atoms with E-state index < -0.39 is 17.9 Å². The zero-order valence-corrected chi connectivity index (χ0v) is 32.6. The Labute approximate surface area is 316 Å². The van der Waals surface area contributed by atoms with Crippen LogP contribution in [0.1, 0.15) is 71.1 Å². The van der Waals surface area contributed by atoms with Crippen LogP contribution in [0.3, 0.4) is 0 Å². The van der Waals surface area contributed by atoms with Crippen LogP contribution in [0.25, 0.3) is 0 Å². The first-order valence-corrected chi connectivity index (χ1v) is 19.1. The van der Waals surface area contributed by atoms with Gasteiger partial charge < -0.3 is 60.7 Å². The third-order valence-electron chi connectivity index (χ3n) is 7.76. The molecule has 0 saturated heterocycles. The van der Waals surface area contributed by atoms with Gasteiger partial charge in [0.2, 0.25) is 23.6 Å². The van der Waals surface area contributed by atoms with E-state index in [0.717, 1.165) is 25.9 Å². The second-order valence-electron chi connectivity index (χ2n) is 12.6. The summed E-state index contributed by atoms with van der Waals surface area (Å²) in [7, 11) is 3.66. The highest BCUT2D eigenvalue weighted by Gasteiger charge is 2.20. The van der Waals surface area contributed by atoms with Crippen molar-refractivity contribution in [2.45, 2.75) is 77.2 Å². The molecule has 0 aliphatic carbocycles. The molecule has 0 fully saturated rings. The van der Waals surface area contributed by atoms with Crippen molar-refractivity contribution >= 4 is 29.4 Å². The van der Waals surface area contributed by atoms with Crippen molar-refractivity contribution in [3.8, 4) is 0 Å². The third kappa shape index (κ3) is 34.7. The summed E-state index contributed by atoms with van der Waals surface area (Å²) in [6.07, 6.45) is 5.55. The van der Waals surface area contributed by atoms with Crippen LogP contribution >= 0.6 is 0 Å². The van der Waals surface area contributed by atoms with Gasteiger partial charge in [-0.1, -0.05) is 19.8 Å². The standard InChI is InChI=1S/C36H70N6O11/c1-4-5-16-48-19-23-52-28-34(45)41-13-9-7-11-31(42-35(46)29-53-24-21-50-18-15-39-3)26-33(44)40-12-8-6-10-30(36(37)47)25-32(43)27-51-22-20-49-17-14-38-2/h30-31,38-39H,4-29H2,1-3H3,(H2,37,47)(H,40,44)(H,41,45)(H,42,46). The van der Waals surface area contributed by atoms with E-state index in [1.165, 1.54) is 0 Å². The Kier molecular flexibility index (Phi) is 35.6. The highest BCUT2D eigenvalue weighted by atomic mass is 16.5. The van der Waals surface area contributed by atoms with Crippen LogP contribution in [0.4, 0.5) is 0 Å². The predicted octanol–water partition coefficient (Wildman–Crippen LogP) is -0.166. The SMILES string of the molecule is CCCCOCCOCC(=O)NCCCCC(CC(=O)NCCCCC(CC(=O)COCCOCCNC)C(N)=O)NC(=O)COCCOCCNC. The molecule has 0 heterocycles. The van der Waals surface area contributed by atoms with Gasteiger partial charge in [0.15, 0.2) is 5.78 Å². The Balaban J connectivity index is 4.56. The van der Waals surface area contributed by atoms with E-state index >= 15 is 0 Å². The third-order valence-corrected chi connectivity index (χ3v) is 7.76. The number of primary amides is 1. The van der Waals surface area contributed by atoms with Crippen LogP contribution in [-0.4, -0.2) is 155 Å². The molecule has 0 aromatic rings. The number of Topliss-reactive ketones (excluding diaryl/α,β-unsaturated/α-hetero) is 1. The highest BCUT2D eigenvalue weighted by molar-refractivity contribution is 5.86. The summed E-state index contributed by atoms with van der Waals surface area (Å²) < 4.78 is 32.2. The molecule has 0 aliphatic rings. The molecule has 2 unspecified atom stereocenters. The van der Waals surface area contributed by atoms with Gasteiger partial charge in [0.05, 0.1) is 52.9 Å². The fraction of sp³-hybridized carbons (Fsp3) is 0.861. The number of nitrogens with two attached hydrogens (primary N) is 1. The maximum absolute atomic E-state index is 12.8. The molecular weight excluding hydrogens is 692 g/mol. The van der Waals surface area contributed by atoms with E-state index in [2.05, 4.69) is 33.5 Å². The summed E-state index contributed by atoms with van der Waals surface area (Å²) >= 11 is 0. The lowest BCUT2D eigenvalue weighted by atomic mass is 9.95. The smallest absolute Gasteiger partial charge is 0.246 e. The minimum absolute atomic E-state index is 0.00282. The summed E-state index contributed by atoms with van der Waals surface area (Å²) in [5, 5.41) is 14.5. The number of rotatable bonds is 40. The molecule has 17 nitrogen and oxygen atoms in total. The Bertz CT molecular complexity index is 948. The molecule has 310 valence electrons. The van der Waals surface area contributed by atoms with Crippen molar-refractivity contribution in [2.75, 3.05) is 120 Å². The number of nitrogens with one attached hydrogen (secondary N) is 5. The van der Waals surface area contributed by atoms with Gasteiger partial charge in [-0.3, -0.25) is 24.0 Å². The molecular formula is C36H70N6O11. The predicted molar refractivity (Wildman–Crippen MR) is 200 cm³/mol. The lowest BCUT2D eigenvalue weighted by Crippen LogP contribution is -2.41. The van der Waals surface area contributed by atoms with E-state index in [0.29, 0.717) is 97.9 Å². The number of hydrogen-bond acceptors (Lipinski definition) is 13. The molecule has 7 N–H and O–H groups in total. The van der Waals surface area contributed by atoms with Crippen molar-refractivity contribution in [1.29, 1.82) is 0 Å². The number of likely N-dealkylation sites (N-methyl/N-ethyl adjacent to an activating group) is 2. The van der Waals surface area contributed by atoms with E-state index in [-0.39, 0.29) is 69.4 Å². The molecule has 0 aromatic heterocycles. The van der Waals surface area contributed by atoms with E-state index in [4.69, 9.17) is 34.2 Å². The van der Waals surface area contributed by atoms with Gasteiger partial charge >= 0.3 is 0 Å². The number of amides is 4. The topological polar surface area (TPSA) is 227 Å². The van der Waals surface area contributed by atoms with Crippen LogP contribution in [0.2, 0.25) is 0 Å². The average Bonchev–Trinajstić information content (AvgIpc) is 3.12. The van der Waals surface area contributed by atoms with Crippen LogP contribution in [0.5, 0.6) is 0 Å². The molecule has 0 saturated carbocycles. The van der Waals surface area contributed by atoms with Gasteiger partial charge in [-0.15, -0.1) is 0 Å². The number of ketones is 1. The van der Waals surface area contributed by atoms with Gasteiger partial charge in [0.1, 0.15) is 19.8 Å². The minimum atomic E-state index is -0.609. The number of hydrogen-bond donors (Lipinski definition) is 6. The lowest BCUT2D eigenvalue weighted by molar-refractivity contribution is -0.130. The van der Waals surface area contributed by atoms with E-state index in [9.17, 15) is 24.0 Å². The summed E-state index contributed by atoms with van der Waals surface area (Å²) in [6.45, 7) is 7.91. The van der Waals surface area contributed by atoms with Crippen molar-refractivity contribution in [1.82, 2.24) is 26.6 Å². The maximum Gasteiger partial charge on any atom is 0.246 e. The maximum atomic E-state index is 12.8. The van der Waals surface area contributed by atoms with E-state index in [1.807, 2.05) is 14.1 Å². The van der Waals surface area contributed by atoms with Crippen molar-refractivity contribution in [3.05, 3.63) is 0 Å². The highest BCUT2D eigenvalue weighted by Crippen LogP contribution is 2.13. The summed E-state index contributed by atoms with van der Waals surface area (Å²) in [5.41, 5.74) is 5.53. The van der Waals surface area contributed by atoms with Gasteiger partial charge in [0.25, 0.3) is 0 Å². The Morgan fingerprint density at radius 1 is 0.528 bits per heavy atom. The summed E-state index contributed by atoms with van der Waals surface area (Å²) in [4.78, 5) is 61.7. The largest absolute Gasteiger partial charge is 0.379 e. The molecule has 2 atom stereocenters. The fourth-order valence-electron chi connectivity index (χ4n) is 4.78. The quantitative estimate of drug-likeness (QED) is 0.0447. The lowest BCUT2D eigenvalue weighted by Gasteiger charge is -2.19. The molecule has 4 amide bonds. The van der Waals surface area contributed by atoms with Crippen molar-refractivity contribution in [2.24, 2.45) is 11.7 Å². The molecule has 0 radical (unpaired) electrons. The van der Waals surface area contributed by atoms with Crippen LogP contribution in [0, 0.1) is 5.92 Å². The Hall–Kier alpha value is -2.77. The first-order chi connectivity index (χ1) is 25.7. The number of unbranched alkanes of at least 4 members (excludes halogenated alkanes) is 3. The molecule has 0 rings (SSSR count). The average molecular weight is 763 g/mol. The van der Waals surface area contributed by atoms with Gasteiger partial charge in [-0.25, -0.2) is 0 Å². The molecule has 53 heavy (non-hydrogen) atoms. The van der Waals surface area contributed by atoms with Crippen LogP contribution < -0.4 is 32.3 Å². The molecule has 0 bridgehead atoms. The van der Waals surface area contributed by atoms with Gasteiger partial charge in [-0.2, -0.15) is 0 Å². The molecule has 0 aromatic carbocycles. The van der Waals surface area contributed by atoms with Gasteiger partial charge in [0, 0.05) is 57.6 Å². The molecule has 0 spiro atoms. The minimum Gasteiger partial charge on any atom is -0.379 e. The Morgan fingerprint density at radius 3 is 1.60 bits per heavy atom. The van der Waals surface area contributed by atoms with Crippen molar-refractivity contribution < 1.29 is 52.4 Å². The monoisotopic (exact) mass is 763 g/mol. The Morgan fingerprint density at radius 2 is 1.04 bits per heavy atom. The van der Waals surface area contributed by atoms with Crippen LogP contribution in [-0.2, 0) is 52.4 Å². The zero-order valence-electron chi connectivity index (χ0n) is 32.6. The summed E-state index contributed by atoms with van der Waals surface area (Å²) in [6, 6.07) is -0.433. The molecule has 0 aliphatic heterocycles. The van der Waals surface area contributed by atoms with Crippen molar-refractivity contribution in [3.63, 3.8) is 0 Å². The normalized spacial score (nSPS) is 12.3. The number of carbonyl (C=O) groups excluding carboxylic acids is 5.